The first kappa shape index (κ1) is 25.2. The Morgan fingerprint density at radius 1 is 1.31 bits per heavy atom. The molecule has 0 aromatic rings. The van der Waals surface area contributed by atoms with E-state index in [1.165, 1.54) is 0 Å². The van der Waals surface area contributed by atoms with Gasteiger partial charge in [-0.15, -0.1) is 0 Å². The third kappa shape index (κ3) is 6.98. The molecule has 2 aliphatic heterocycles. The van der Waals surface area contributed by atoms with Crippen molar-refractivity contribution in [1.82, 2.24) is 0 Å². The summed E-state index contributed by atoms with van der Waals surface area (Å²) in [5.74, 6) is -2.57. The van der Waals surface area contributed by atoms with E-state index in [0.717, 1.165) is 0 Å². The number of rotatable bonds is 10. The summed E-state index contributed by atoms with van der Waals surface area (Å²) < 4.78 is 58.0. The van der Waals surface area contributed by atoms with Gasteiger partial charge in [-0.25, -0.2) is 4.39 Å². The number of phosphoric ester groups is 1. The summed E-state index contributed by atoms with van der Waals surface area (Å²) in [4.78, 5) is 12.3. The number of alkyl halides is 1. The molecule has 0 aromatic carbocycles. The van der Waals surface area contributed by atoms with Crippen LogP contribution in [0.5, 0.6) is 0 Å². The fourth-order valence-corrected chi connectivity index (χ4v) is 3.99. The third-order valence-electron chi connectivity index (χ3n) is 4.35. The second-order valence-electron chi connectivity index (χ2n) is 7.65. The summed E-state index contributed by atoms with van der Waals surface area (Å²) in [6, 6.07) is -2.15. The highest BCUT2D eigenvalue weighted by atomic mass is 31.2. The van der Waals surface area contributed by atoms with Gasteiger partial charge in [0.05, 0.1) is 18.8 Å². The van der Waals surface area contributed by atoms with Gasteiger partial charge in [-0.3, -0.25) is 4.57 Å². The minimum atomic E-state index is -5.08. The highest BCUT2D eigenvalue weighted by Gasteiger charge is 2.51. The van der Waals surface area contributed by atoms with Gasteiger partial charge in [0.2, 0.25) is 0 Å². The Kier molecular flexibility index (Phi) is 8.75. The molecule has 2 heterocycles. The molecule has 0 spiro atoms. The first-order chi connectivity index (χ1) is 13.3. The molecule has 4 radical (unpaired) electrons. The lowest BCUT2D eigenvalue weighted by Crippen LogP contribution is -2.43. The first-order valence-corrected chi connectivity index (χ1v) is 10.9. The Morgan fingerprint density at radius 2 is 1.97 bits per heavy atom. The summed E-state index contributed by atoms with van der Waals surface area (Å²) in [6.45, 7) is 5.83. The summed E-state index contributed by atoms with van der Waals surface area (Å²) in [5, 5.41) is 10.1. The molecule has 29 heavy (non-hydrogen) atoms. The zero-order chi connectivity index (χ0) is 22.0. The van der Waals surface area contributed by atoms with Crippen molar-refractivity contribution in [3.8, 4) is 0 Å². The summed E-state index contributed by atoms with van der Waals surface area (Å²) in [5.41, 5.74) is 0. The minimum Gasteiger partial charge on any atom is -0.756 e. The standard InChI is InChI=1S/C16H28B2FO9P/c1-8(2)23-6-10-14(13(20)15(18)26-10)28-29(21,22)24-7-16(19)11(25-9(3)4)5-12(17)27-16/h8-15,20H,5-7H2,1-4H3,(H,21,22)/p-1. The van der Waals surface area contributed by atoms with Crippen LogP contribution in [0.3, 0.4) is 0 Å². The molecule has 2 saturated heterocycles. The number of aliphatic hydroxyl groups is 1. The number of aliphatic hydroxyl groups excluding tert-OH is 1. The van der Waals surface area contributed by atoms with Crippen LogP contribution in [0.15, 0.2) is 0 Å². The van der Waals surface area contributed by atoms with Gasteiger partial charge < -0.3 is 38.0 Å². The lowest BCUT2D eigenvalue weighted by Gasteiger charge is -2.33. The third-order valence-corrected chi connectivity index (χ3v) is 5.29. The van der Waals surface area contributed by atoms with E-state index in [0.29, 0.717) is 0 Å². The monoisotopic (exact) mass is 435 g/mol. The Hall–Kier alpha value is -0.0301. The molecule has 164 valence electrons. The number of hydrogen-bond acceptors (Lipinski definition) is 9. The van der Waals surface area contributed by atoms with Crippen LogP contribution in [-0.2, 0) is 32.6 Å². The van der Waals surface area contributed by atoms with Gasteiger partial charge in [-0.1, -0.05) is 0 Å². The smallest absolute Gasteiger partial charge is 0.268 e. The fraction of sp³-hybridized carbons (Fsp3) is 1.00. The molecule has 8 atom stereocenters. The molecular formula is C16H27B2FO9P-. The number of hydrogen-bond donors (Lipinski definition) is 1. The van der Waals surface area contributed by atoms with Crippen LogP contribution >= 0.6 is 7.82 Å². The van der Waals surface area contributed by atoms with Crippen LogP contribution in [0.1, 0.15) is 34.1 Å². The van der Waals surface area contributed by atoms with Crippen LogP contribution < -0.4 is 4.89 Å². The Morgan fingerprint density at radius 3 is 2.55 bits per heavy atom. The van der Waals surface area contributed by atoms with Gasteiger partial charge in [-0.2, -0.15) is 0 Å². The Labute approximate surface area is 172 Å². The Balaban J connectivity index is 1.99. The summed E-state index contributed by atoms with van der Waals surface area (Å²) in [6.07, 6.45) is -5.38. The van der Waals surface area contributed by atoms with Gasteiger partial charge in [-0.05, 0) is 34.1 Å². The molecule has 0 bridgehead atoms. The SMILES string of the molecule is [B]C1CC(OC(C)C)C(F)(COP(=O)([O-])OC2C(COC(C)C)OC([B])C2O)O1. The molecule has 8 unspecified atom stereocenters. The topological polar surface area (TPSA) is 116 Å². The molecule has 1 N–H and O–H groups in total. The average Bonchev–Trinajstić information content (AvgIpc) is 3.01. The van der Waals surface area contributed by atoms with Crippen molar-refractivity contribution in [2.45, 2.75) is 88.6 Å². The highest BCUT2D eigenvalue weighted by molar-refractivity contribution is 7.45. The molecule has 2 aliphatic rings. The van der Waals surface area contributed by atoms with Crippen LogP contribution in [0, 0.1) is 0 Å². The largest absolute Gasteiger partial charge is 0.756 e. The van der Waals surface area contributed by atoms with E-state index in [1.54, 1.807) is 27.7 Å². The van der Waals surface area contributed by atoms with Gasteiger partial charge in [0.15, 0.2) is 0 Å². The predicted octanol–water partition coefficient (Wildman–Crippen LogP) is -0.0898. The minimum absolute atomic E-state index is 0.0285. The molecule has 0 amide bonds. The van der Waals surface area contributed by atoms with Crippen molar-refractivity contribution >= 4 is 23.5 Å². The van der Waals surface area contributed by atoms with Crippen LogP contribution in [0.4, 0.5) is 4.39 Å². The van der Waals surface area contributed by atoms with E-state index in [2.05, 4.69) is 4.52 Å². The van der Waals surface area contributed by atoms with E-state index in [-0.39, 0.29) is 25.2 Å². The van der Waals surface area contributed by atoms with Gasteiger partial charge in [0, 0.05) is 12.0 Å². The van der Waals surface area contributed by atoms with E-state index >= 15 is 4.39 Å². The van der Waals surface area contributed by atoms with E-state index < -0.39 is 56.7 Å². The van der Waals surface area contributed by atoms with Crippen molar-refractivity contribution in [3.05, 3.63) is 0 Å². The van der Waals surface area contributed by atoms with Crippen molar-refractivity contribution in [1.29, 1.82) is 0 Å². The van der Waals surface area contributed by atoms with Crippen molar-refractivity contribution in [2.75, 3.05) is 13.2 Å². The molecule has 2 fully saturated rings. The molecule has 0 aromatic heterocycles. The van der Waals surface area contributed by atoms with Gasteiger partial charge in [0.25, 0.3) is 13.7 Å². The maximum atomic E-state index is 15.1. The average molecular weight is 435 g/mol. The van der Waals surface area contributed by atoms with E-state index in [4.69, 9.17) is 39.2 Å². The van der Waals surface area contributed by atoms with Gasteiger partial charge in [0.1, 0.15) is 46.7 Å². The number of phosphoric acid groups is 1. The predicted molar refractivity (Wildman–Crippen MR) is 99.0 cm³/mol. The molecule has 2 rings (SSSR count). The number of ether oxygens (including phenoxy) is 4. The Bertz CT molecular complexity index is 587. The maximum Gasteiger partial charge on any atom is 0.268 e. The van der Waals surface area contributed by atoms with Crippen molar-refractivity contribution in [2.24, 2.45) is 0 Å². The fourth-order valence-electron chi connectivity index (χ4n) is 3.04. The lowest BCUT2D eigenvalue weighted by molar-refractivity contribution is -0.252. The second kappa shape index (κ2) is 10.1. The molecular weight excluding hydrogens is 408 g/mol. The van der Waals surface area contributed by atoms with Crippen LogP contribution in [-0.4, -0.2) is 88.5 Å². The molecule has 0 aliphatic carbocycles. The van der Waals surface area contributed by atoms with E-state index in [1.807, 2.05) is 0 Å². The summed E-state index contributed by atoms with van der Waals surface area (Å²) >= 11 is 0. The van der Waals surface area contributed by atoms with Crippen molar-refractivity contribution in [3.63, 3.8) is 0 Å². The van der Waals surface area contributed by atoms with Gasteiger partial charge >= 0.3 is 0 Å². The normalized spacial score (nSPS) is 40.0. The molecule has 0 saturated carbocycles. The highest BCUT2D eigenvalue weighted by Crippen LogP contribution is 2.46. The van der Waals surface area contributed by atoms with Crippen molar-refractivity contribution < 1.29 is 47.0 Å². The molecule has 9 nitrogen and oxygen atoms in total. The van der Waals surface area contributed by atoms with E-state index in [9.17, 15) is 14.6 Å². The first-order valence-electron chi connectivity index (χ1n) is 9.45. The lowest BCUT2D eigenvalue weighted by atomic mass is 9.93. The second-order valence-corrected chi connectivity index (χ2v) is 9.02. The maximum absolute atomic E-state index is 15.1. The number of halogens is 1. The summed E-state index contributed by atoms with van der Waals surface area (Å²) in [7, 11) is 6.13. The quantitative estimate of drug-likeness (QED) is 0.372. The molecule has 13 heteroatoms. The zero-order valence-corrected chi connectivity index (χ0v) is 17.8. The van der Waals surface area contributed by atoms with Crippen LogP contribution in [0.25, 0.3) is 0 Å². The zero-order valence-electron chi connectivity index (χ0n) is 16.9. The van der Waals surface area contributed by atoms with Crippen LogP contribution in [0.2, 0.25) is 0 Å².